The normalized spacial score (nSPS) is 11.6. The number of anilines is 1. The molecule has 1 N–H and O–H groups in total. The number of halogens is 4. The summed E-state index contributed by atoms with van der Waals surface area (Å²) in [4.78, 5) is 4.05. The summed E-state index contributed by atoms with van der Waals surface area (Å²) in [7, 11) is 0. The minimum Gasteiger partial charge on any atom is -0.370 e. The Labute approximate surface area is 106 Å². The van der Waals surface area contributed by atoms with Gasteiger partial charge in [-0.2, -0.15) is 13.2 Å². The number of nitrogens with one attached hydrogen (secondary N) is 1. The molecule has 0 saturated carbocycles. The Hall–Kier alpha value is -0.820. The lowest BCUT2D eigenvalue weighted by Gasteiger charge is -2.10. The third-order valence-corrected chi connectivity index (χ3v) is 2.89. The van der Waals surface area contributed by atoms with E-state index in [9.17, 15) is 13.2 Å². The van der Waals surface area contributed by atoms with Crippen LogP contribution in [0.15, 0.2) is 16.7 Å². The molecule has 0 aliphatic carbocycles. The van der Waals surface area contributed by atoms with Gasteiger partial charge in [0.15, 0.2) is 0 Å². The Morgan fingerprint density at radius 1 is 1.47 bits per heavy atom. The minimum atomic E-state index is -4.28. The highest BCUT2D eigenvalue weighted by atomic mass is 79.9. The molecule has 0 aliphatic heterocycles. The lowest BCUT2D eigenvalue weighted by molar-refractivity contribution is -0.172. The van der Waals surface area contributed by atoms with Crippen molar-refractivity contribution in [3.05, 3.63) is 22.3 Å². The molecule has 1 aromatic heterocycles. The average molecular weight is 313 g/mol. The molecule has 0 saturated heterocycles. The predicted octanol–water partition coefficient (Wildman–Crippen LogP) is 3.14. The highest BCUT2D eigenvalue weighted by molar-refractivity contribution is 9.10. The number of aryl methyl sites for hydroxylation is 1. The molecular weight excluding hydrogens is 301 g/mol. The number of rotatable bonds is 5. The summed E-state index contributed by atoms with van der Waals surface area (Å²) in [6.45, 7) is 0.918. The maximum absolute atomic E-state index is 11.8. The van der Waals surface area contributed by atoms with Gasteiger partial charge in [0.05, 0.1) is 11.1 Å². The Balaban J connectivity index is 2.29. The van der Waals surface area contributed by atoms with Crippen LogP contribution < -0.4 is 5.32 Å². The molecule has 0 fully saturated rings. The van der Waals surface area contributed by atoms with Crippen LogP contribution in [0.1, 0.15) is 5.56 Å². The highest BCUT2D eigenvalue weighted by Gasteiger charge is 2.27. The third-order valence-electron chi connectivity index (χ3n) is 1.89. The Morgan fingerprint density at radius 2 is 2.18 bits per heavy atom. The lowest BCUT2D eigenvalue weighted by atomic mass is 10.3. The van der Waals surface area contributed by atoms with Gasteiger partial charge in [0.25, 0.3) is 0 Å². The van der Waals surface area contributed by atoms with Crippen molar-refractivity contribution < 1.29 is 17.9 Å². The smallest absolute Gasteiger partial charge is 0.370 e. The number of ether oxygens (including phenoxy) is 1. The molecule has 0 spiro atoms. The van der Waals surface area contributed by atoms with Crippen molar-refractivity contribution in [2.75, 3.05) is 25.1 Å². The van der Waals surface area contributed by atoms with Crippen molar-refractivity contribution in [1.82, 2.24) is 4.98 Å². The topological polar surface area (TPSA) is 34.2 Å². The van der Waals surface area contributed by atoms with E-state index in [4.69, 9.17) is 0 Å². The highest BCUT2D eigenvalue weighted by Crippen LogP contribution is 2.22. The van der Waals surface area contributed by atoms with Crippen LogP contribution in [0, 0.1) is 6.92 Å². The van der Waals surface area contributed by atoms with Crippen molar-refractivity contribution in [1.29, 1.82) is 0 Å². The number of hydrogen-bond acceptors (Lipinski definition) is 3. The molecule has 96 valence electrons. The van der Waals surface area contributed by atoms with E-state index in [-0.39, 0.29) is 13.2 Å². The van der Waals surface area contributed by atoms with Gasteiger partial charge >= 0.3 is 6.18 Å². The fraction of sp³-hybridized carbons (Fsp3) is 0.500. The van der Waals surface area contributed by atoms with Gasteiger partial charge in [0, 0.05) is 12.7 Å². The zero-order valence-electron chi connectivity index (χ0n) is 9.14. The summed E-state index contributed by atoms with van der Waals surface area (Å²) in [5.41, 5.74) is 0.999. The summed E-state index contributed by atoms with van der Waals surface area (Å²) in [5, 5.41) is 2.89. The van der Waals surface area contributed by atoms with Crippen LogP contribution in [0.5, 0.6) is 0 Å². The van der Waals surface area contributed by atoms with E-state index in [0.29, 0.717) is 5.82 Å². The largest absolute Gasteiger partial charge is 0.411 e. The van der Waals surface area contributed by atoms with Crippen molar-refractivity contribution in [3.8, 4) is 0 Å². The Morgan fingerprint density at radius 3 is 2.82 bits per heavy atom. The second-order valence-corrected chi connectivity index (χ2v) is 4.18. The van der Waals surface area contributed by atoms with Crippen LogP contribution in [0.25, 0.3) is 0 Å². The van der Waals surface area contributed by atoms with E-state index in [1.807, 2.05) is 13.0 Å². The number of nitrogens with zero attached hydrogens (tertiary/aromatic N) is 1. The van der Waals surface area contributed by atoms with Crippen LogP contribution >= 0.6 is 15.9 Å². The van der Waals surface area contributed by atoms with Gasteiger partial charge in [-0.3, -0.25) is 0 Å². The van der Waals surface area contributed by atoms with Crippen LogP contribution in [0.4, 0.5) is 19.0 Å². The van der Waals surface area contributed by atoms with Crippen LogP contribution in [-0.4, -0.2) is 30.9 Å². The standard InChI is InChI=1S/C10H12BrF3N2O/c1-7-2-3-15-9(8(7)11)16-4-5-17-6-10(12,13)14/h2-3H,4-6H2,1H3,(H,15,16). The summed E-state index contributed by atoms with van der Waals surface area (Å²) in [6, 6.07) is 1.83. The first kappa shape index (κ1) is 14.2. The summed E-state index contributed by atoms with van der Waals surface area (Å²) < 4.78 is 40.5. The second-order valence-electron chi connectivity index (χ2n) is 3.38. The van der Waals surface area contributed by atoms with E-state index in [2.05, 4.69) is 31.0 Å². The van der Waals surface area contributed by atoms with Gasteiger partial charge in [-0.1, -0.05) is 0 Å². The van der Waals surface area contributed by atoms with Gasteiger partial charge in [-0.05, 0) is 34.5 Å². The summed E-state index contributed by atoms with van der Waals surface area (Å²) in [6.07, 6.45) is -2.65. The van der Waals surface area contributed by atoms with E-state index in [0.717, 1.165) is 10.0 Å². The first-order valence-electron chi connectivity index (χ1n) is 4.89. The van der Waals surface area contributed by atoms with Gasteiger partial charge < -0.3 is 10.1 Å². The molecule has 7 heteroatoms. The Kier molecular flexibility index (Phi) is 5.20. The maximum Gasteiger partial charge on any atom is 0.411 e. The minimum absolute atomic E-state index is 0.0262. The van der Waals surface area contributed by atoms with E-state index >= 15 is 0 Å². The van der Waals surface area contributed by atoms with Crippen LogP contribution in [0.2, 0.25) is 0 Å². The molecule has 3 nitrogen and oxygen atoms in total. The number of pyridine rings is 1. The predicted molar refractivity (Wildman–Crippen MR) is 62.0 cm³/mol. The van der Waals surface area contributed by atoms with Crippen molar-refractivity contribution >= 4 is 21.7 Å². The quantitative estimate of drug-likeness (QED) is 0.848. The fourth-order valence-corrected chi connectivity index (χ4v) is 1.47. The molecule has 0 aliphatic rings. The average Bonchev–Trinajstić information content (AvgIpc) is 2.22. The molecule has 0 radical (unpaired) electrons. The number of hydrogen-bond donors (Lipinski definition) is 1. The molecule has 0 atom stereocenters. The van der Waals surface area contributed by atoms with Gasteiger partial charge in [0.1, 0.15) is 12.4 Å². The lowest BCUT2D eigenvalue weighted by Crippen LogP contribution is -2.20. The molecule has 0 aromatic carbocycles. The van der Waals surface area contributed by atoms with Crippen molar-refractivity contribution in [2.24, 2.45) is 0 Å². The molecule has 0 unspecified atom stereocenters. The van der Waals surface area contributed by atoms with Gasteiger partial charge in [-0.15, -0.1) is 0 Å². The van der Waals surface area contributed by atoms with Gasteiger partial charge in [0.2, 0.25) is 0 Å². The molecule has 1 aromatic rings. The summed E-state index contributed by atoms with van der Waals surface area (Å²) >= 11 is 3.34. The molecule has 1 rings (SSSR count). The van der Waals surface area contributed by atoms with E-state index in [1.165, 1.54) is 0 Å². The van der Waals surface area contributed by atoms with Crippen LogP contribution in [0.3, 0.4) is 0 Å². The fourth-order valence-electron chi connectivity index (χ4n) is 1.09. The zero-order valence-corrected chi connectivity index (χ0v) is 10.7. The molecular formula is C10H12BrF3N2O. The monoisotopic (exact) mass is 312 g/mol. The second kappa shape index (κ2) is 6.20. The first-order chi connectivity index (χ1) is 7.90. The van der Waals surface area contributed by atoms with E-state index in [1.54, 1.807) is 6.20 Å². The van der Waals surface area contributed by atoms with Gasteiger partial charge in [-0.25, -0.2) is 4.98 Å². The molecule has 1 heterocycles. The number of alkyl halides is 3. The first-order valence-corrected chi connectivity index (χ1v) is 5.69. The molecule has 0 amide bonds. The van der Waals surface area contributed by atoms with Crippen molar-refractivity contribution in [3.63, 3.8) is 0 Å². The SMILES string of the molecule is Cc1ccnc(NCCOCC(F)(F)F)c1Br. The maximum atomic E-state index is 11.8. The van der Waals surface area contributed by atoms with Crippen molar-refractivity contribution in [2.45, 2.75) is 13.1 Å². The molecule has 17 heavy (non-hydrogen) atoms. The zero-order chi connectivity index (χ0) is 12.9. The molecule has 0 bridgehead atoms. The summed E-state index contributed by atoms with van der Waals surface area (Å²) in [5.74, 6) is 0.598. The van der Waals surface area contributed by atoms with E-state index < -0.39 is 12.8 Å². The van der Waals surface area contributed by atoms with Crippen LogP contribution in [-0.2, 0) is 4.74 Å². The number of aromatic nitrogens is 1. The Bertz CT molecular complexity index is 371. The third kappa shape index (κ3) is 5.36.